The van der Waals surface area contributed by atoms with E-state index in [1.165, 1.54) is 30.3 Å². The number of anilines is 2. The van der Waals surface area contributed by atoms with Crippen molar-refractivity contribution in [3.05, 3.63) is 74.6 Å². The molecular formula is C17H10F3N3O4S. The maximum Gasteiger partial charge on any atom is 0.417 e. The van der Waals surface area contributed by atoms with Crippen molar-refractivity contribution in [1.29, 1.82) is 0 Å². The van der Waals surface area contributed by atoms with Crippen LogP contribution in [0.1, 0.15) is 5.56 Å². The Labute approximate surface area is 159 Å². The molecule has 1 heterocycles. The predicted octanol–water partition coefficient (Wildman–Crippen LogP) is 4.53. The fourth-order valence-electron chi connectivity index (χ4n) is 2.47. The summed E-state index contributed by atoms with van der Waals surface area (Å²) in [5, 5.41) is 16.0. The van der Waals surface area contributed by atoms with Crippen LogP contribution in [-0.2, 0) is 6.18 Å². The van der Waals surface area contributed by atoms with Crippen molar-refractivity contribution >= 4 is 45.4 Å². The number of nitrogens with one attached hydrogen (secondary N) is 2. The summed E-state index contributed by atoms with van der Waals surface area (Å²) in [5.41, 5.74) is -2.02. The maximum atomic E-state index is 13.1. The first-order valence-electron chi connectivity index (χ1n) is 7.61. The van der Waals surface area contributed by atoms with Crippen molar-refractivity contribution in [2.75, 3.05) is 10.6 Å². The molecule has 0 radical (unpaired) electrons. The van der Waals surface area contributed by atoms with E-state index in [0.29, 0.717) is 11.8 Å². The molecule has 0 unspecified atom stereocenters. The minimum Gasteiger partial charge on any atom is -0.423 e. The third-order valence-electron chi connectivity index (χ3n) is 3.62. The zero-order valence-electron chi connectivity index (χ0n) is 13.7. The molecule has 7 nitrogen and oxygen atoms in total. The monoisotopic (exact) mass is 409 g/mol. The minimum atomic E-state index is -4.71. The van der Waals surface area contributed by atoms with Crippen LogP contribution in [0.5, 0.6) is 0 Å². The van der Waals surface area contributed by atoms with E-state index in [2.05, 4.69) is 10.6 Å². The zero-order valence-corrected chi connectivity index (χ0v) is 14.6. The average Bonchev–Trinajstić information content (AvgIpc) is 2.60. The second-order valence-corrected chi connectivity index (χ2v) is 5.98. The Morgan fingerprint density at radius 3 is 2.39 bits per heavy atom. The largest absolute Gasteiger partial charge is 0.423 e. The average molecular weight is 409 g/mol. The van der Waals surface area contributed by atoms with Crippen LogP contribution >= 0.6 is 12.2 Å². The van der Waals surface area contributed by atoms with Gasteiger partial charge in [0.2, 0.25) is 0 Å². The van der Waals surface area contributed by atoms with Gasteiger partial charge in [-0.3, -0.25) is 10.1 Å². The molecule has 2 aromatic carbocycles. The van der Waals surface area contributed by atoms with E-state index in [-0.39, 0.29) is 27.5 Å². The normalized spacial score (nSPS) is 11.2. The highest BCUT2D eigenvalue weighted by atomic mass is 32.1. The van der Waals surface area contributed by atoms with Crippen LogP contribution in [0.25, 0.3) is 11.0 Å². The summed E-state index contributed by atoms with van der Waals surface area (Å²) >= 11 is 5.10. The molecule has 28 heavy (non-hydrogen) atoms. The SMILES string of the molecule is O=c1cc(C(F)(F)F)c2ccc(NC(=S)Nc3cccc([N+](=O)[O-])c3)cc2o1. The lowest BCUT2D eigenvalue weighted by Gasteiger charge is -2.12. The van der Waals surface area contributed by atoms with E-state index in [0.717, 1.165) is 6.07 Å². The summed E-state index contributed by atoms with van der Waals surface area (Å²) in [5.74, 6) is 0. The number of benzene rings is 2. The van der Waals surface area contributed by atoms with E-state index in [1.54, 1.807) is 6.07 Å². The molecule has 2 N–H and O–H groups in total. The van der Waals surface area contributed by atoms with E-state index in [4.69, 9.17) is 16.6 Å². The number of rotatable bonds is 3. The molecule has 0 fully saturated rings. The molecule has 0 amide bonds. The standard InChI is InChI=1S/C17H10F3N3O4S/c18-17(19,20)13-8-15(24)27-14-7-10(4-5-12(13)14)22-16(28)21-9-2-1-3-11(6-9)23(25)26/h1-8H,(H2,21,22,28). The summed E-state index contributed by atoms with van der Waals surface area (Å²) in [6.45, 7) is 0. The van der Waals surface area contributed by atoms with Crippen LogP contribution in [0.3, 0.4) is 0 Å². The smallest absolute Gasteiger partial charge is 0.417 e. The molecule has 3 aromatic rings. The van der Waals surface area contributed by atoms with Gasteiger partial charge in [0.15, 0.2) is 5.11 Å². The molecule has 0 saturated heterocycles. The Hall–Kier alpha value is -3.47. The summed E-state index contributed by atoms with van der Waals surface area (Å²) in [6, 6.07) is 9.67. The summed E-state index contributed by atoms with van der Waals surface area (Å²) in [6.07, 6.45) is -4.71. The molecule has 3 rings (SSSR count). The quantitative estimate of drug-likeness (QED) is 0.284. The van der Waals surface area contributed by atoms with Gasteiger partial charge in [-0.25, -0.2) is 4.79 Å². The van der Waals surface area contributed by atoms with Gasteiger partial charge in [0.05, 0.1) is 10.5 Å². The number of alkyl halides is 3. The van der Waals surface area contributed by atoms with Crippen LogP contribution in [0, 0.1) is 10.1 Å². The summed E-state index contributed by atoms with van der Waals surface area (Å²) < 4.78 is 44.0. The van der Waals surface area contributed by atoms with E-state index in [9.17, 15) is 28.1 Å². The summed E-state index contributed by atoms with van der Waals surface area (Å²) in [7, 11) is 0. The number of nitrogens with zero attached hydrogens (tertiary/aromatic N) is 1. The van der Waals surface area contributed by atoms with Gasteiger partial charge in [-0.1, -0.05) is 6.07 Å². The number of halogens is 3. The fraction of sp³-hybridized carbons (Fsp3) is 0.0588. The van der Waals surface area contributed by atoms with Crippen molar-refractivity contribution in [3.8, 4) is 0 Å². The third kappa shape index (κ3) is 4.26. The van der Waals surface area contributed by atoms with Gasteiger partial charge < -0.3 is 15.1 Å². The number of thiocarbonyl (C=S) groups is 1. The first-order valence-corrected chi connectivity index (χ1v) is 8.02. The Bertz CT molecular complexity index is 1140. The molecule has 0 spiro atoms. The number of nitro groups is 1. The summed E-state index contributed by atoms with van der Waals surface area (Å²) in [4.78, 5) is 21.7. The first-order chi connectivity index (χ1) is 13.1. The lowest BCUT2D eigenvalue weighted by Crippen LogP contribution is -2.19. The van der Waals surface area contributed by atoms with E-state index in [1.807, 2.05) is 0 Å². The molecule has 0 aliphatic carbocycles. The highest BCUT2D eigenvalue weighted by molar-refractivity contribution is 7.80. The van der Waals surface area contributed by atoms with Crippen LogP contribution in [0.15, 0.2) is 57.7 Å². The lowest BCUT2D eigenvalue weighted by molar-refractivity contribution is -0.384. The maximum absolute atomic E-state index is 13.1. The van der Waals surface area contributed by atoms with Gasteiger partial charge in [0.1, 0.15) is 5.58 Å². The van der Waals surface area contributed by atoms with Crippen molar-refractivity contribution in [2.45, 2.75) is 6.18 Å². The molecule has 144 valence electrons. The molecule has 0 saturated carbocycles. The second kappa shape index (κ2) is 7.27. The van der Waals surface area contributed by atoms with Crippen LogP contribution < -0.4 is 16.3 Å². The Balaban J connectivity index is 1.85. The molecular weight excluding hydrogens is 399 g/mol. The van der Waals surface area contributed by atoms with Crippen molar-refractivity contribution < 1.29 is 22.5 Å². The van der Waals surface area contributed by atoms with Gasteiger partial charge in [-0.2, -0.15) is 13.2 Å². The van der Waals surface area contributed by atoms with Crippen molar-refractivity contribution in [2.24, 2.45) is 0 Å². The number of non-ortho nitro benzene ring substituents is 1. The zero-order chi connectivity index (χ0) is 20.5. The topological polar surface area (TPSA) is 97.4 Å². The van der Waals surface area contributed by atoms with Gasteiger partial charge in [0, 0.05) is 41.0 Å². The second-order valence-electron chi connectivity index (χ2n) is 5.57. The van der Waals surface area contributed by atoms with Gasteiger partial charge in [-0.15, -0.1) is 0 Å². The predicted molar refractivity (Wildman–Crippen MR) is 100 cm³/mol. The fourth-order valence-corrected chi connectivity index (χ4v) is 2.70. The van der Waals surface area contributed by atoms with E-state index < -0.39 is 22.3 Å². The molecule has 0 aliphatic rings. The molecule has 1 aromatic heterocycles. The molecule has 11 heteroatoms. The minimum absolute atomic E-state index is 0.0363. The third-order valence-corrected chi connectivity index (χ3v) is 3.83. The Kier molecular flexibility index (Phi) is 5.01. The first kappa shape index (κ1) is 19.3. The number of hydrogen-bond donors (Lipinski definition) is 2. The number of nitro benzene ring substituents is 1. The van der Waals surface area contributed by atoms with E-state index >= 15 is 0 Å². The highest BCUT2D eigenvalue weighted by Gasteiger charge is 2.33. The number of fused-ring (bicyclic) bond motifs is 1. The van der Waals surface area contributed by atoms with Gasteiger partial charge in [-0.05, 0) is 30.4 Å². The van der Waals surface area contributed by atoms with Crippen molar-refractivity contribution in [1.82, 2.24) is 0 Å². The van der Waals surface area contributed by atoms with Crippen molar-refractivity contribution in [3.63, 3.8) is 0 Å². The molecule has 0 atom stereocenters. The van der Waals surface area contributed by atoms with Gasteiger partial charge >= 0.3 is 11.8 Å². The van der Waals surface area contributed by atoms with Crippen LogP contribution in [-0.4, -0.2) is 10.0 Å². The Morgan fingerprint density at radius 1 is 1.07 bits per heavy atom. The lowest BCUT2D eigenvalue weighted by atomic mass is 10.1. The van der Waals surface area contributed by atoms with Gasteiger partial charge in [0.25, 0.3) is 5.69 Å². The molecule has 0 aliphatic heterocycles. The Morgan fingerprint density at radius 2 is 1.75 bits per heavy atom. The highest BCUT2D eigenvalue weighted by Crippen LogP contribution is 2.34. The van der Waals surface area contributed by atoms with Crippen LogP contribution in [0.4, 0.5) is 30.2 Å². The molecule has 0 bridgehead atoms. The van der Waals surface area contributed by atoms with Crippen LogP contribution in [0.2, 0.25) is 0 Å². The number of hydrogen-bond acceptors (Lipinski definition) is 5.